The first-order valence-corrected chi connectivity index (χ1v) is 7.58. The number of esters is 1. The molecule has 1 aromatic carbocycles. The molecule has 130 valence electrons. The molecule has 1 aliphatic heterocycles. The zero-order valence-electron chi connectivity index (χ0n) is 13.4. The Labute approximate surface area is 139 Å². The number of carbonyl (C=O) groups is 3. The summed E-state index contributed by atoms with van der Waals surface area (Å²) in [6.07, 6.45) is 0.693. The van der Waals surface area contributed by atoms with Crippen molar-refractivity contribution < 1.29 is 28.6 Å². The lowest BCUT2D eigenvalue weighted by Gasteiger charge is -2.12. The van der Waals surface area contributed by atoms with Gasteiger partial charge in [-0.1, -0.05) is 12.1 Å². The third-order valence-corrected chi connectivity index (χ3v) is 3.38. The van der Waals surface area contributed by atoms with E-state index in [9.17, 15) is 14.4 Å². The van der Waals surface area contributed by atoms with E-state index in [2.05, 4.69) is 10.6 Å². The van der Waals surface area contributed by atoms with Crippen LogP contribution in [0, 0.1) is 0 Å². The fourth-order valence-corrected chi connectivity index (χ4v) is 2.17. The molecule has 1 fully saturated rings. The van der Waals surface area contributed by atoms with Crippen molar-refractivity contribution in [2.75, 3.05) is 26.9 Å². The SMILES string of the molecule is COc1ccccc1OCCNC(=O)COC(=O)[C@H]1CCC(=O)N1. The van der Waals surface area contributed by atoms with Crippen LogP contribution in [0.3, 0.4) is 0 Å². The predicted octanol–water partition coefficient (Wildman–Crippen LogP) is 0.0120. The highest BCUT2D eigenvalue weighted by molar-refractivity contribution is 5.89. The van der Waals surface area contributed by atoms with Crippen LogP contribution in [0.25, 0.3) is 0 Å². The standard InChI is InChI=1S/C16H20N2O6/c1-22-12-4-2-3-5-13(12)23-9-8-17-15(20)10-24-16(21)11-6-7-14(19)18-11/h2-5,11H,6-10H2,1H3,(H,17,20)(H,18,19)/t11-/m1/s1. The number of amides is 2. The van der Waals surface area contributed by atoms with Gasteiger partial charge in [0, 0.05) is 6.42 Å². The van der Waals surface area contributed by atoms with E-state index in [1.807, 2.05) is 12.1 Å². The van der Waals surface area contributed by atoms with E-state index in [1.54, 1.807) is 19.2 Å². The Morgan fingerprint density at radius 3 is 2.71 bits per heavy atom. The number of hydrogen-bond donors (Lipinski definition) is 2. The summed E-state index contributed by atoms with van der Waals surface area (Å²) in [4.78, 5) is 34.2. The van der Waals surface area contributed by atoms with Crippen molar-refractivity contribution in [3.8, 4) is 11.5 Å². The van der Waals surface area contributed by atoms with Gasteiger partial charge in [-0.25, -0.2) is 4.79 Å². The molecule has 1 atom stereocenters. The third-order valence-electron chi connectivity index (χ3n) is 3.38. The molecular weight excluding hydrogens is 316 g/mol. The van der Waals surface area contributed by atoms with Gasteiger partial charge in [-0.2, -0.15) is 0 Å². The summed E-state index contributed by atoms with van der Waals surface area (Å²) >= 11 is 0. The highest BCUT2D eigenvalue weighted by Gasteiger charge is 2.28. The molecule has 2 rings (SSSR count). The van der Waals surface area contributed by atoms with Gasteiger partial charge >= 0.3 is 5.97 Å². The number of rotatable bonds is 8. The van der Waals surface area contributed by atoms with E-state index in [1.165, 1.54) is 0 Å². The minimum atomic E-state index is -0.654. The fraction of sp³-hybridized carbons (Fsp3) is 0.438. The Balaban J connectivity index is 1.61. The molecule has 0 aromatic heterocycles. The molecule has 8 nitrogen and oxygen atoms in total. The summed E-state index contributed by atoms with van der Waals surface area (Å²) in [6.45, 7) is 0.118. The van der Waals surface area contributed by atoms with Gasteiger partial charge in [0.05, 0.1) is 13.7 Å². The highest BCUT2D eigenvalue weighted by Crippen LogP contribution is 2.25. The molecule has 1 saturated heterocycles. The summed E-state index contributed by atoms with van der Waals surface area (Å²) < 4.78 is 15.5. The molecule has 1 heterocycles. The largest absolute Gasteiger partial charge is 0.493 e. The van der Waals surface area contributed by atoms with Crippen molar-refractivity contribution in [3.63, 3.8) is 0 Å². The molecule has 8 heteroatoms. The van der Waals surface area contributed by atoms with Crippen molar-refractivity contribution in [2.24, 2.45) is 0 Å². The van der Waals surface area contributed by atoms with E-state index < -0.39 is 17.9 Å². The Morgan fingerprint density at radius 2 is 2.04 bits per heavy atom. The minimum Gasteiger partial charge on any atom is -0.493 e. The Hall–Kier alpha value is -2.77. The summed E-state index contributed by atoms with van der Waals surface area (Å²) in [5.74, 6) is -0.0264. The second-order valence-corrected chi connectivity index (χ2v) is 5.12. The van der Waals surface area contributed by atoms with Gasteiger partial charge in [-0.15, -0.1) is 0 Å². The molecule has 1 aliphatic rings. The molecule has 0 saturated carbocycles. The van der Waals surface area contributed by atoms with Crippen LogP contribution in [0.4, 0.5) is 0 Å². The van der Waals surface area contributed by atoms with Gasteiger partial charge in [0.1, 0.15) is 12.6 Å². The van der Waals surface area contributed by atoms with Crippen LogP contribution in [0.2, 0.25) is 0 Å². The normalized spacial score (nSPS) is 16.2. The molecule has 0 spiro atoms. The number of benzene rings is 1. The van der Waals surface area contributed by atoms with E-state index in [-0.39, 0.29) is 25.7 Å². The molecule has 2 N–H and O–H groups in total. The molecule has 24 heavy (non-hydrogen) atoms. The Morgan fingerprint density at radius 1 is 1.29 bits per heavy atom. The van der Waals surface area contributed by atoms with Gasteiger partial charge in [-0.3, -0.25) is 9.59 Å². The third kappa shape index (κ3) is 5.15. The lowest BCUT2D eigenvalue weighted by Crippen LogP contribution is -2.38. The summed E-state index contributed by atoms with van der Waals surface area (Å²) in [5, 5.41) is 5.06. The summed E-state index contributed by atoms with van der Waals surface area (Å²) in [5.41, 5.74) is 0. The molecule has 1 aromatic rings. The van der Waals surface area contributed by atoms with E-state index in [4.69, 9.17) is 14.2 Å². The number of nitrogens with one attached hydrogen (secondary N) is 2. The zero-order chi connectivity index (χ0) is 17.4. The maximum Gasteiger partial charge on any atom is 0.329 e. The van der Waals surface area contributed by atoms with Crippen molar-refractivity contribution >= 4 is 17.8 Å². The average molecular weight is 336 g/mol. The van der Waals surface area contributed by atoms with Crippen LogP contribution >= 0.6 is 0 Å². The first kappa shape index (κ1) is 17.6. The molecule has 0 bridgehead atoms. The van der Waals surface area contributed by atoms with Crippen LogP contribution in [0.5, 0.6) is 11.5 Å². The first-order chi connectivity index (χ1) is 11.6. The molecule has 0 aliphatic carbocycles. The number of carbonyl (C=O) groups excluding carboxylic acids is 3. The fourth-order valence-electron chi connectivity index (χ4n) is 2.17. The van der Waals surface area contributed by atoms with Crippen LogP contribution in [0.15, 0.2) is 24.3 Å². The van der Waals surface area contributed by atoms with Crippen molar-refractivity contribution in [3.05, 3.63) is 24.3 Å². The van der Waals surface area contributed by atoms with Gasteiger partial charge in [0.15, 0.2) is 18.1 Å². The lowest BCUT2D eigenvalue weighted by molar-refractivity contribution is -0.150. The Kier molecular flexibility index (Phi) is 6.41. The topological polar surface area (TPSA) is 103 Å². The molecule has 0 radical (unpaired) electrons. The van der Waals surface area contributed by atoms with Crippen LogP contribution in [-0.2, 0) is 19.1 Å². The molecular formula is C16H20N2O6. The summed E-state index contributed by atoms with van der Waals surface area (Å²) in [6, 6.07) is 6.53. The quantitative estimate of drug-likeness (QED) is 0.512. The van der Waals surface area contributed by atoms with Gasteiger partial charge in [0.2, 0.25) is 5.91 Å². The lowest BCUT2D eigenvalue weighted by atomic mass is 10.2. The van der Waals surface area contributed by atoms with E-state index >= 15 is 0 Å². The smallest absolute Gasteiger partial charge is 0.329 e. The van der Waals surface area contributed by atoms with Gasteiger partial charge < -0.3 is 24.8 Å². The number of methoxy groups -OCH3 is 1. The van der Waals surface area contributed by atoms with Crippen LogP contribution in [0.1, 0.15) is 12.8 Å². The van der Waals surface area contributed by atoms with Crippen LogP contribution in [-0.4, -0.2) is 50.7 Å². The van der Waals surface area contributed by atoms with Crippen LogP contribution < -0.4 is 20.1 Å². The highest BCUT2D eigenvalue weighted by atomic mass is 16.5. The zero-order valence-corrected chi connectivity index (χ0v) is 13.4. The maximum atomic E-state index is 11.6. The first-order valence-electron chi connectivity index (χ1n) is 7.58. The monoisotopic (exact) mass is 336 g/mol. The van der Waals surface area contributed by atoms with Crippen molar-refractivity contribution in [1.29, 1.82) is 0 Å². The van der Waals surface area contributed by atoms with Crippen molar-refractivity contribution in [1.82, 2.24) is 10.6 Å². The minimum absolute atomic E-state index is 0.185. The van der Waals surface area contributed by atoms with E-state index in [0.29, 0.717) is 24.3 Å². The maximum absolute atomic E-state index is 11.6. The van der Waals surface area contributed by atoms with Gasteiger partial charge in [0.25, 0.3) is 5.91 Å². The van der Waals surface area contributed by atoms with E-state index in [0.717, 1.165) is 0 Å². The molecule has 2 amide bonds. The molecule has 0 unspecified atom stereocenters. The number of para-hydroxylation sites is 2. The van der Waals surface area contributed by atoms with Gasteiger partial charge in [-0.05, 0) is 18.6 Å². The Bertz CT molecular complexity index is 604. The number of ether oxygens (including phenoxy) is 3. The second kappa shape index (κ2) is 8.76. The summed E-state index contributed by atoms with van der Waals surface area (Å²) in [7, 11) is 1.55. The second-order valence-electron chi connectivity index (χ2n) is 5.12. The number of hydrogen-bond acceptors (Lipinski definition) is 6. The van der Waals surface area contributed by atoms with Crippen molar-refractivity contribution in [2.45, 2.75) is 18.9 Å². The predicted molar refractivity (Wildman–Crippen MR) is 83.6 cm³/mol. The average Bonchev–Trinajstić information content (AvgIpc) is 3.03.